The molecule has 0 radical (unpaired) electrons. The molecule has 1 aromatic rings. The van der Waals surface area contributed by atoms with Crippen LogP contribution in [0.5, 0.6) is 0 Å². The molecule has 6 unspecified atom stereocenters. The van der Waals surface area contributed by atoms with E-state index in [0.717, 1.165) is 0 Å². The van der Waals surface area contributed by atoms with E-state index in [1.54, 1.807) is 6.92 Å². The number of halogens is 11. The zero-order valence-electron chi connectivity index (χ0n) is 16.4. The number of hydrogen-bond donors (Lipinski definition) is 0. The third-order valence-electron chi connectivity index (χ3n) is 4.59. The van der Waals surface area contributed by atoms with Gasteiger partial charge in [-0.25, -0.2) is 43.9 Å². The van der Waals surface area contributed by atoms with Gasteiger partial charge in [-0.3, -0.25) is 4.39 Å². The van der Waals surface area contributed by atoms with E-state index in [1.807, 2.05) is 0 Å². The second-order valence-electron chi connectivity index (χ2n) is 6.91. The molecule has 0 aliphatic heterocycles. The minimum Gasteiger partial charge on any atom is -0.251 e. The molecule has 180 valence electrons. The first-order valence-corrected chi connectivity index (χ1v) is 11.2. The maximum absolute atomic E-state index is 14.4. The van der Waals surface area contributed by atoms with Gasteiger partial charge in [0.05, 0.1) is 12.0 Å². The monoisotopic (exact) mass is 490 g/mol. The summed E-state index contributed by atoms with van der Waals surface area (Å²) in [5, 5.41) is -1.31. The van der Waals surface area contributed by atoms with Gasteiger partial charge in [0.1, 0.15) is 12.3 Å². The molecule has 0 aliphatic rings. The Hall–Kier alpha value is -1.12. The van der Waals surface area contributed by atoms with Crippen LogP contribution in [0.3, 0.4) is 0 Å². The maximum Gasteiger partial charge on any atom is 0.200 e. The number of unbranched alkanes of at least 4 members (excludes halogenated alkanes) is 1. The van der Waals surface area contributed by atoms with Gasteiger partial charge in [-0.05, 0) is 25.4 Å². The van der Waals surface area contributed by atoms with Crippen molar-refractivity contribution >= 4 is 13.2 Å². The minimum atomic E-state index is -3.30. The second kappa shape index (κ2) is 12.8. The first kappa shape index (κ1) is 27.9. The molecule has 0 amide bonds. The van der Waals surface area contributed by atoms with Crippen LogP contribution in [0.2, 0.25) is 0 Å². The van der Waals surface area contributed by atoms with Crippen LogP contribution >= 0.6 is 7.92 Å². The molecule has 0 nitrogen and oxygen atoms in total. The smallest absolute Gasteiger partial charge is 0.200 e. The highest BCUT2D eigenvalue weighted by atomic mass is 31.1. The highest BCUT2D eigenvalue weighted by Crippen LogP contribution is 2.42. The Labute approximate surface area is 173 Å². The minimum absolute atomic E-state index is 0.148. The summed E-state index contributed by atoms with van der Waals surface area (Å²) in [6.45, 7) is 0.583. The molecule has 0 saturated carbocycles. The zero-order chi connectivity index (χ0) is 23.9. The van der Waals surface area contributed by atoms with Crippen LogP contribution in [0.15, 0.2) is 0 Å². The molecule has 0 saturated heterocycles. The number of rotatable bonds is 13. The molecule has 6 atom stereocenters. The lowest BCUT2D eigenvalue weighted by atomic mass is 10.0. The van der Waals surface area contributed by atoms with Crippen molar-refractivity contribution in [2.24, 2.45) is 0 Å². The van der Waals surface area contributed by atoms with Crippen molar-refractivity contribution < 1.29 is 48.3 Å². The summed E-state index contributed by atoms with van der Waals surface area (Å²) < 4.78 is 150. The fourth-order valence-electron chi connectivity index (χ4n) is 2.83. The molecule has 0 bridgehead atoms. The van der Waals surface area contributed by atoms with Crippen LogP contribution in [0.1, 0.15) is 32.6 Å². The highest BCUT2D eigenvalue weighted by Gasteiger charge is 2.41. The molecule has 0 aromatic heterocycles. The second-order valence-corrected chi connectivity index (χ2v) is 9.25. The average Bonchev–Trinajstić information content (AvgIpc) is 2.76. The van der Waals surface area contributed by atoms with Gasteiger partial charge in [-0.1, -0.05) is 21.3 Å². The van der Waals surface area contributed by atoms with Crippen LogP contribution in [0, 0.1) is 29.1 Å². The standard InChI is InChI=1S/C19H22F11P/c1-2-3-7-31(19-17(29)15(27)14(26)16(28)18(19)30)8-10(22)12(24)13(25)11(23)9(21)5-4-6-20/h9-13H,2-8H2,1H3. The van der Waals surface area contributed by atoms with Gasteiger partial charge in [-0.2, -0.15) is 0 Å². The fourth-order valence-corrected chi connectivity index (χ4v) is 5.49. The predicted octanol–water partition coefficient (Wildman–Crippen LogP) is 6.73. The summed E-state index contributed by atoms with van der Waals surface area (Å²) in [7, 11) is -2.53. The van der Waals surface area contributed by atoms with Crippen LogP contribution in [-0.2, 0) is 0 Å². The Kier molecular flexibility index (Phi) is 11.5. The van der Waals surface area contributed by atoms with Gasteiger partial charge in [0, 0.05) is 6.16 Å². The van der Waals surface area contributed by atoms with Gasteiger partial charge in [0.15, 0.2) is 41.8 Å². The first-order valence-electron chi connectivity index (χ1n) is 9.52. The van der Waals surface area contributed by atoms with Crippen molar-refractivity contribution in [1.82, 2.24) is 0 Å². The Morgan fingerprint density at radius 3 is 1.65 bits per heavy atom. The predicted molar refractivity (Wildman–Crippen MR) is 97.1 cm³/mol. The normalized spacial score (nSPS) is 17.8. The van der Waals surface area contributed by atoms with E-state index in [-0.39, 0.29) is 12.6 Å². The Morgan fingerprint density at radius 1 is 0.677 bits per heavy atom. The van der Waals surface area contributed by atoms with Crippen molar-refractivity contribution in [2.75, 3.05) is 19.0 Å². The van der Waals surface area contributed by atoms with E-state index in [0.29, 0.717) is 6.42 Å². The van der Waals surface area contributed by atoms with Crippen molar-refractivity contribution in [1.29, 1.82) is 0 Å². The van der Waals surface area contributed by atoms with Crippen molar-refractivity contribution in [2.45, 2.75) is 63.5 Å². The third kappa shape index (κ3) is 6.93. The van der Waals surface area contributed by atoms with E-state index >= 15 is 0 Å². The summed E-state index contributed by atoms with van der Waals surface area (Å²) in [6, 6.07) is 0. The van der Waals surface area contributed by atoms with Gasteiger partial charge >= 0.3 is 0 Å². The number of alkyl halides is 6. The largest absolute Gasteiger partial charge is 0.251 e. The van der Waals surface area contributed by atoms with Gasteiger partial charge in [0.25, 0.3) is 0 Å². The molecule has 0 aliphatic carbocycles. The summed E-state index contributed by atoms with van der Waals surface area (Å²) in [5.41, 5.74) is 0. The summed E-state index contributed by atoms with van der Waals surface area (Å²) in [4.78, 5) is 0. The summed E-state index contributed by atoms with van der Waals surface area (Å²) in [5.74, 6) is -11.3. The number of benzene rings is 1. The molecule has 12 heteroatoms. The lowest BCUT2D eigenvalue weighted by Gasteiger charge is -2.26. The zero-order valence-corrected chi connectivity index (χ0v) is 17.3. The van der Waals surface area contributed by atoms with Gasteiger partial charge < -0.3 is 0 Å². The lowest BCUT2D eigenvalue weighted by Crippen LogP contribution is -2.41. The first-order chi connectivity index (χ1) is 14.5. The molecule has 0 N–H and O–H groups in total. The average molecular weight is 490 g/mol. The molecule has 1 aromatic carbocycles. The van der Waals surface area contributed by atoms with Crippen molar-refractivity contribution in [3.8, 4) is 0 Å². The molecular formula is C19H22F11P. The molecule has 1 rings (SSSR count). The van der Waals surface area contributed by atoms with E-state index in [2.05, 4.69) is 0 Å². The van der Waals surface area contributed by atoms with Gasteiger partial charge in [0.2, 0.25) is 5.82 Å². The highest BCUT2D eigenvalue weighted by molar-refractivity contribution is 7.65. The fraction of sp³-hybridized carbons (Fsp3) is 0.684. The van der Waals surface area contributed by atoms with Crippen molar-refractivity contribution in [3.05, 3.63) is 29.1 Å². The molecule has 31 heavy (non-hydrogen) atoms. The van der Waals surface area contributed by atoms with E-state index in [1.165, 1.54) is 0 Å². The topological polar surface area (TPSA) is 0 Å². The third-order valence-corrected chi connectivity index (χ3v) is 7.26. The summed E-state index contributed by atoms with van der Waals surface area (Å²) >= 11 is 0. The van der Waals surface area contributed by atoms with E-state index in [4.69, 9.17) is 0 Å². The lowest BCUT2D eigenvalue weighted by molar-refractivity contribution is 0.00363. The van der Waals surface area contributed by atoms with Crippen molar-refractivity contribution in [3.63, 3.8) is 0 Å². The van der Waals surface area contributed by atoms with E-state index < -0.39 is 98.8 Å². The Bertz CT molecular complexity index is 673. The molecular weight excluding hydrogens is 468 g/mol. The van der Waals surface area contributed by atoms with Crippen LogP contribution < -0.4 is 5.30 Å². The Morgan fingerprint density at radius 2 is 1.16 bits per heavy atom. The van der Waals surface area contributed by atoms with Crippen LogP contribution in [0.4, 0.5) is 48.3 Å². The molecule has 0 spiro atoms. The number of hydrogen-bond acceptors (Lipinski definition) is 0. The maximum atomic E-state index is 14.4. The molecule has 0 fully saturated rings. The SMILES string of the molecule is CCCCP(CC(F)C(F)C(F)C(F)C(F)CCCF)c1c(F)c(F)c(F)c(F)c1F. The van der Waals surface area contributed by atoms with E-state index in [9.17, 15) is 48.3 Å². The Balaban J connectivity index is 3.10. The molecule has 0 heterocycles. The summed E-state index contributed by atoms with van der Waals surface area (Å²) in [6.07, 6.45) is -17.3. The van der Waals surface area contributed by atoms with Crippen LogP contribution in [0.25, 0.3) is 0 Å². The van der Waals surface area contributed by atoms with Crippen LogP contribution in [-0.4, -0.2) is 49.9 Å². The van der Waals surface area contributed by atoms with Gasteiger partial charge in [-0.15, -0.1) is 0 Å². The quantitative estimate of drug-likeness (QED) is 0.125.